The average molecular weight is 397 g/mol. The molecule has 2 rings (SSSR count). The van der Waals surface area contributed by atoms with Crippen LogP contribution < -0.4 is 10.1 Å². The molecule has 0 bridgehead atoms. The minimum atomic E-state index is -3.59. The minimum absolute atomic E-state index is 0.00664. The molecule has 1 N–H and O–H groups in total. The highest BCUT2D eigenvalue weighted by Crippen LogP contribution is 2.25. The van der Waals surface area contributed by atoms with Crippen molar-refractivity contribution in [1.29, 1.82) is 0 Å². The van der Waals surface area contributed by atoms with Crippen molar-refractivity contribution in [2.45, 2.75) is 38.5 Å². The number of ketones is 1. The summed E-state index contributed by atoms with van der Waals surface area (Å²) in [7, 11) is -2.07. The van der Waals surface area contributed by atoms with Gasteiger partial charge in [-0.15, -0.1) is 0 Å². The van der Waals surface area contributed by atoms with Gasteiger partial charge in [-0.25, -0.2) is 8.42 Å². The molecule has 1 aromatic carbocycles. The lowest BCUT2D eigenvalue weighted by Gasteiger charge is -2.30. The summed E-state index contributed by atoms with van der Waals surface area (Å²) in [6, 6.07) is 6.26. The van der Waals surface area contributed by atoms with E-state index in [0.29, 0.717) is 18.6 Å². The maximum absolute atomic E-state index is 12.7. The summed E-state index contributed by atoms with van der Waals surface area (Å²) >= 11 is 0. The Kier molecular flexibility index (Phi) is 6.64. The van der Waals surface area contributed by atoms with Gasteiger partial charge in [0.2, 0.25) is 15.9 Å². The maximum Gasteiger partial charge on any atom is 0.243 e. The van der Waals surface area contributed by atoms with E-state index in [1.165, 1.54) is 23.5 Å². The Hall–Kier alpha value is -1.93. The van der Waals surface area contributed by atoms with Crippen LogP contribution in [0.1, 0.15) is 33.6 Å². The number of methoxy groups -OCH3 is 1. The highest BCUT2D eigenvalue weighted by molar-refractivity contribution is 7.89. The monoisotopic (exact) mass is 396 g/mol. The van der Waals surface area contributed by atoms with E-state index < -0.39 is 15.4 Å². The third kappa shape index (κ3) is 5.29. The Bertz CT molecular complexity index is 773. The van der Waals surface area contributed by atoms with Crippen molar-refractivity contribution in [2.75, 3.05) is 26.7 Å². The number of sulfonamides is 1. The molecule has 1 aliphatic rings. The van der Waals surface area contributed by atoms with E-state index in [9.17, 15) is 18.0 Å². The van der Waals surface area contributed by atoms with Crippen LogP contribution in [-0.4, -0.2) is 51.2 Å². The number of hydrogen-bond donors (Lipinski definition) is 1. The van der Waals surface area contributed by atoms with Gasteiger partial charge in [-0.2, -0.15) is 4.31 Å². The van der Waals surface area contributed by atoms with Crippen LogP contribution in [0.4, 0.5) is 0 Å². The summed E-state index contributed by atoms with van der Waals surface area (Å²) < 4.78 is 31.9. The Morgan fingerprint density at radius 2 is 1.70 bits per heavy atom. The maximum atomic E-state index is 12.7. The highest BCUT2D eigenvalue weighted by Gasteiger charge is 2.32. The molecule has 7 nitrogen and oxygen atoms in total. The summed E-state index contributed by atoms with van der Waals surface area (Å²) in [5.41, 5.74) is -0.497. The fourth-order valence-electron chi connectivity index (χ4n) is 2.83. The minimum Gasteiger partial charge on any atom is -0.497 e. The number of nitrogens with zero attached hydrogens (tertiary/aromatic N) is 1. The standard InChI is InChI=1S/C19H28N2O5S/c1-19(2,3)17(22)13-20-18(23)14-9-11-21(12-10-14)27(24,25)16-7-5-15(26-4)6-8-16/h5-8,14H,9-13H2,1-4H3,(H,20,23). The van der Waals surface area contributed by atoms with Crippen LogP contribution in [0.15, 0.2) is 29.2 Å². The molecule has 1 heterocycles. The first-order valence-corrected chi connectivity index (χ1v) is 10.4. The van der Waals surface area contributed by atoms with Crippen molar-refractivity contribution in [3.05, 3.63) is 24.3 Å². The number of rotatable bonds is 6. The van der Waals surface area contributed by atoms with Gasteiger partial charge < -0.3 is 10.1 Å². The van der Waals surface area contributed by atoms with Gasteiger partial charge in [0.15, 0.2) is 5.78 Å². The van der Waals surface area contributed by atoms with Gasteiger partial charge >= 0.3 is 0 Å². The van der Waals surface area contributed by atoms with Crippen LogP contribution in [0.3, 0.4) is 0 Å². The zero-order valence-corrected chi connectivity index (χ0v) is 17.1. The molecular weight excluding hydrogens is 368 g/mol. The van der Waals surface area contributed by atoms with Crippen molar-refractivity contribution in [3.8, 4) is 5.75 Å². The molecule has 1 aliphatic heterocycles. The molecule has 1 saturated heterocycles. The van der Waals surface area contributed by atoms with Gasteiger partial charge in [0.1, 0.15) is 5.75 Å². The van der Waals surface area contributed by atoms with Crippen molar-refractivity contribution < 1.29 is 22.7 Å². The molecule has 150 valence electrons. The van der Waals surface area contributed by atoms with E-state index in [2.05, 4.69) is 5.32 Å². The molecule has 8 heteroatoms. The third-order valence-electron chi connectivity index (χ3n) is 4.78. The first-order valence-electron chi connectivity index (χ1n) is 9.01. The Morgan fingerprint density at radius 3 is 2.19 bits per heavy atom. The summed E-state index contributed by atoms with van der Waals surface area (Å²) in [5, 5.41) is 2.69. The molecule has 0 saturated carbocycles. The predicted octanol–water partition coefficient (Wildman–Crippen LogP) is 1.83. The first-order chi connectivity index (χ1) is 12.6. The van der Waals surface area contributed by atoms with E-state index >= 15 is 0 Å². The van der Waals surface area contributed by atoms with Crippen LogP contribution in [-0.2, 0) is 19.6 Å². The van der Waals surface area contributed by atoms with Crippen LogP contribution >= 0.6 is 0 Å². The number of Topliss-reactive ketones (excluding diaryl/α,β-unsaturated/α-hetero) is 1. The average Bonchev–Trinajstić information content (AvgIpc) is 2.65. The molecule has 27 heavy (non-hydrogen) atoms. The van der Waals surface area contributed by atoms with Crippen molar-refractivity contribution in [2.24, 2.45) is 11.3 Å². The van der Waals surface area contributed by atoms with Gasteiger partial charge in [-0.05, 0) is 37.1 Å². The zero-order valence-electron chi connectivity index (χ0n) is 16.3. The fraction of sp³-hybridized carbons (Fsp3) is 0.579. The number of benzene rings is 1. The third-order valence-corrected chi connectivity index (χ3v) is 6.69. The number of nitrogens with one attached hydrogen (secondary N) is 1. The lowest BCUT2D eigenvalue weighted by molar-refractivity contribution is -0.131. The highest BCUT2D eigenvalue weighted by atomic mass is 32.2. The Labute approximate surface area is 161 Å². The second-order valence-electron chi connectivity index (χ2n) is 7.74. The lowest BCUT2D eigenvalue weighted by atomic mass is 9.90. The van der Waals surface area contributed by atoms with Crippen LogP contribution in [0.2, 0.25) is 0 Å². The number of amides is 1. The second kappa shape index (κ2) is 8.39. The molecule has 1 amide bonds. The molecule has 0 radical (unpaired) electrons. The number of piperidine rings is 1. The predicted molar refractivity (Wildman–Crippen MR) is 102 cm³/mol. The van der Waals surface area contributed by atoms with Gasteiger partial charge in [0.05, 0.1) is 18.6 Å². The van der Waals surface area contributed by atoms with Crippen LogP contribution in [0.25, 0.3) is 0 Å². The fourth-order valence-corrected chi connectivity index (χ4v) is 4.30. The van der Waals surface area contributed by atoms with Crippen molar-refractivity contribution >= 4 is 21.7 Å². The van der Waals surface area contributed by atoms with Gasteiger partial charge in [-0.3, -0.25) is 9.59 Å². The molecule has 0 unspecified atom stereocenters. The van der Waals surface area contributed by atoms with E-state index in [-0.39, 0.29) is 42.1 Å². The molecule has 1 fully saturated rings. The van der Waals surface area contributed by atoms with E-state index in [1.807, 2.05) is 20.8 Å². The Balaban J connectivity index is 1.92. The molecule has 0 aliphatic carbocycles. The van der Waals surface area contributed by atoms with Crippen molar-refractivity contribution in [1.82, 2.24) is 9.62 Å². The molecular formula is C19H28N2O5S. The van der Waals surface area contributed by atoms with E-state index in [0.717, 1.165) is 0 Å². The van der Waals surface area contributed by atoms with Crippen molar-refractivity contribution in [3.63, 3.8) is 0 Å². The summed E-state index contributed by atoms with van der Waals surface area (Å²) in [6.45, 7) is 5.99. The van der Waals surface area contributed by atoms with Crippen LogP contribution in [0, 0.1) is 11.3 Å². The summed E-state index contributed by atoms with van der Waals surface area (Å²) in [6.07, 6.45) is 0.871. The smallest absolute Gasteiger partial charge is 0.243 e. The quantitative estimate of drug-likeness (QED) is 0.792. The molecule has 0 atom stereocenters. The SMILES string of the molecule is COc1ccc(S(=O)(=O)N2CCC(C(=O)NCC(=O)C(C)(C)C)CC2)cc1. The topological polar surface area (TPSA) is 92.8 Å². The zero-order chi connectivity index (χ0) is 20.2. The number of hydrogen-bond acceptors (Lipinski definition) is 5. The number of carbonyl (C=O) groups is 2. The summed E-state index contributed by atoms with van der Waals surface area (Å²) in [4.78, 5) is 24.4. The molecule has 1 aromatic rings. The van der Waals surface area contributed by atoms with Gasteiger partial charge in [0, 0.05) is 24.4 Å². The largest absolute Gasteiger partial charge is 0.497 e. The Morgan fingerprint density at radius 1 is 1.15 bits per heavy atom. The normalized spacial score (nSPS) is 16.7. The van der Waals surface area contributed by atoms with E-state index in [4.69, 9.17) is 4.74 Å². The first kappa shape index (κ1) is 21.4. The van der Waals surface area contributed by atoms with Gasteiger partial charge in [0.25, 0.3) is 0 Å². The van der Waals surface area contributed by atoms with Gasteiger partial charge in [-0.1, -0.05) is 20.8 Å². The number of carbonyl (C=O) groups excluding carboxylic acids is 2. The molecule has 0 aromatic heterocycles. The number of ether oxygens (including phenoxy) is 1. The lowest BCUT2D eigenvalue weighted by Crippen LogP contribution is -2.44. The second-order valence-corrected chi connectivity index (χ2v) is 9.68. The summed E-state index contributed by atoms with van der Waals surface area (Å²) in [5.74, 6) is 0.0960. The molecule has 0 spiro atoms. The van der Waals surface area contributed by atoms with E-state index in [1.54, 1.807) is 12.1 Å². The van der Waals surface area contributed by atoms with Crippen LogP contribution in [0.5, 0.6) is 5.75 Å².